The molecule has 0 bridgehead atoms. The number of anilines is 1. The monoisotopic (exact) mass is 405 g/mol. The van der Waals surface area contributed by atoms with Crippen LogP contribution in [0, 0.1) is 0 Å². The summed E-state index contributed by atoms with van der Waals surface area (Å²) in [6.07, 6.45) is 4.11. The predicted octanol–water partition coefficient (Wildman–Crippen LogP) is 2.07. The van der Waals surface area contributed by atoms with E-state index < -0.39 is 0 Å². The van der Waals surface area contributed by atoms with Crippen LogP contribution in [0.2, 0.25) is 0 Å². The third kappa shape index (κ3) is 7.66. The van der Waals surface area contributed by atoms with Crippen molar-refractivity contribution >= 4 is 36.5 Å². The molecule has 1 amide bonds. The average Bonchev–Trinajstić information content (AvgIpc) is 2.65. The summed E-state index contributed by atoms with van der Waals surface area (Å²) in [6.45, 7) is 9.34. The van der Waals surface area contributed by atoms with Crippen molar-refractivity contribution in [1.29, 1.82) is 0 Å². The molecule has 1 aliphatic heterocycles. The van der Waals surface area contributed by atoms with E-state index in [9.17, 15) is 4.79 Å². The molecule has 26 heavy (non-hydrogen) atoms. The lowest BCUT2D eigenvalue weighted by Crippen LogP contribution is -2.50. The van der Waals surface area contributed by atoms with Crippen molar-refractivity contribution < 1.29 is 4.79 Å². The number of nitrogens with zero attached hydrogens (tertiary/aromatic N) is 3. The largest absolute Gasteiger partial charge is 0.354 e. The summed E-state index contributed by atoms with van der Waals surface area (Å²) in [6, 6.07) is 6.00. The molecular formula is C18H33Cl2N5O. The van der Waals surface area contributed by atoms with Crippen LogP contribution in [-0.2, 0) is 4.79 Å². The molecule has 1 aromatic rings. The summed E-state index contributed by atoms with van der Waals surface area (Å²) >= 11 is 0. The maximum absolute atomic E-state index is 12.0. The van der Waals surface area contributed by atoms with Crippen molar-refractivity contribution in [2.75, 3.05) is 44.2 Å². The lowest BCUT2D eigenvalue weighted by molar-refractivity contribution is -0.121. The maximum Gasteiger partial charge on any atom is 0.221 e. The van der Waals surface area contributed by atoms with Gasteiger partial charge in [0, 0.05) is 57.4 Å². The second-order valence-corrected chi connectivity index (χ2v) is 6.61. The van der Waals surface area contributed by atoms with Crippen LogP contribution < -0.4 is 16.0 Å². The van der Waals surface area contributed by atoms with Crippen LogP contribution >= 0.6 is 24.8 Å². The molecule has 0 spiro atoms. The van der Waals surface area contributed by atoms with Crippen LogP contribution in [0.1, 0.15) is 33.1 Å². The molecule has 0 saturated carbocycles. The second kappa shape index (κ2) is 12.3. The SMILES string of the molecule is CCC(N)(CC)CNC(=O)CCN1CCN(c2ccccn2)CC1.Cl.Cl. The van der Waals surface area contributed by atoms with Crippen molar-refractivity contribution in [2.24, 2.45) is 5.73 Å². The third-order valence-electron chi connectivity index (χ3n) is 5.05. The Balaban J connectivity index is 0.00000312. The van der Waals surface area contributed by atoms with Crippen LogP contribution in [-0.4, -0.2) is 60.6 Å². The molecule has 1 saturated heterocycles. The number of halogens is 2. The Hall–Kier alpha value is -1.08. The number of aromatic nitrogens is 1. The van der Waals surface area contributed by atoms with Crippen molar-refractivity contribution in [3.63, 3.8) is 0 Å². The number of rotatable bonds is 8. The van der Waals surface area contributed by atoms with Gasteiger partial charge in [0.2, 0.25) is 5.91 Å². The molecule has 2 heterocycles. The Morgan fingerprint density at radius 3 is 2.38 bits per heavy atom. The van der Waals surface area contributed by atoms with Gasteiger partial charge in [0.05, 0.1) is 0 Å². The third-order valence-corrected chi connectivity index (χ3v) is 5.05. The van der Waals surface area contributed by atoms with E-state index in [1.807, 2.05) is 24.4 Å². The van der Waals surface area contributed by atoms with Crippen LogP contribution in [0.15, 0.2) is 24.4 Å². The summed E-state index contributed by atoms with van der Waals surface area (Å²) in [5.41, 5.74) is 5.94. The van der Waals surface area contributed by atoms with Gasteiger partial charge in [0.15, 0.2) is 0 Å². The number of piperazine rings is 1. The zero-order valence-corrected chi connectivity index (χ0v) is 17.5. The predicted molar refractivity (Wildman–Crippen MR) is 113 cm³/mol. The summed E-state index contributed by atoms with van der Waals surface area (Å²) in [7, 11) is 0. The Labute approximate surface area is 169 Å². The molecule has 1 fully saturated rings. The van der Waals surface area contributed by atoms with E-state index in [4.69, 9.17) is 5.73 Å². The molecule has 3 N–H and O–H groups in total. The molecule has 6 nitrogen and oxygen atoms in total. The van der Waals surface area contributed by atoms with E-state index >= 15 is 0 Å². The number of pyridine rings is 1. The Kier molecular flexibility index (Phi) is 11.8. The molecule has 1 aromatic heterocycles. The van der Waals surface area contributed by atoms with Crippen molar-refractivity contribution in [3.8, 4) is 0 Å². The smallest absolute Gasteiger partial charge is 0.221 e. The van der Waals surface area contributed by atoms with Crippen LogP contribution in [0.5, 0.6) is 0 Å². The molecule has 0 aromatic carbocycles. The molecule has 0 atom stereocenters. The highest BCUT2D eigenvalue weighted by Gasteiger charge is 2.22. The maximum atomic E-state index is 12.0. The number of nitrogens with two attached hydrogens (primary N) is 1. The summed E-state index contributed by atoms with van der Waals surface area (Å²) in [5.74, 6) is 1.13. The van der Waals surface area contributed by atoms with Gasteiger partial charge in [-0.25, -0.2) is 4.98 Å². The molecule has 0 unspecified atom stereocenters. The van der Waals surface area contributed by atoms with E-state index in [1.165, 1.54) is 0 Å². The minimum atomic E-state index is -0.274. The molecule has 150 valence electrons. The van der Waals surface area contributed by atoms with Crippen LogP contribution in [0.25, 0.3) is 0 Å². The average molecular weight is 406 g/mol. The summed E-state index contributed by atoms with van der Waals surface area (Å²) < 4.78 is 0. The van der Waals surface area contributed by atoms with Gasteiger partial charge in [-0.15, -0.1) is 24.8 Å². The Morgan fingerprint density at radius 2 is 1.85 bits per heavy atom. The number of carbonyl (C=O) groups is 1. The van der Waals surface area contributed by atoms with Crippen LogP contribution in [0.4, 0.5) is 5.82 Å². The van der Waals surface area contributed by atoms with Gasteiger partial charge in [0.1, 0.15) is 5.82 Å². The lowest BCUT2D eigenvalue weighted by Gasteiger charge is -2.35. The normalized spacial score (nSPS) is 15.0. The molecular weight excluding hydrogens is 373 g/mol. The fourth-order valence-corrected chi connectivity index (χ4v) is 2.86. The second-order valence-electron chi connectivity index (χ2n) is 6.61. The highest BCUT2D eigenvalue weighted by atomic mass is 35.5. The first kappa shape index (κ1) is 24.9. The topological polar surface area (TPSA) is 74.5 Å². The van der Waals surface area contributed by atoms with Gasteiger partial charge in [-0.2, -0.15) is 0 Å². The summed E-state index contributed by atoms with van der Waals surface area (Å²) in [5, 5.41) is 2.99. The van der Waals surface area contributed by atoms with Gasteiger partial charge in [-0.3, -0.25) is 9.69 Å². The zero-order valence-electron chi connectivity index (χ0n) is 15.8. The number of carbonyl (C=O) groups excluding carboxylic acids is 1. The minimum Gasteiger partial charge on any atom is -0.354 e. The fourth-order valence-electron chi connectivity index (χ4n) is 2.86. The highest BCUT2D eigenvalue weighted by molar-refractivity contribution is 5.85. The van der Waals surface area contributed by atoms with Crippen LogP contribution in [0.3, 0.4) is 0 Å². The van der Waals surface area contributed by atoms with E-state index in [-0.39, 0.29) is 36.3 Å². The number of nitrogens with one attached hydrogen (secondary N) is 1. The van der Waals surface area contributed by atoms with Gasteiger partial charge in [-0.1, -0.05) is 19.9 Å². The van der Waals surface area contributed by atoms with Gasteiger partial charge < -0.3 is 16.0 Å². The first-order valence-corrected chi connectivity index (χ1v) is 9.00. The van der Waals surface area contributed by atoms with Gasteiger partial charge in [0.25, 0.3) is 0 Å². The molecule has 0 aliphatic carbocycles. The minimum absolute atomic E-state index is 0. The lowest BCUT2D eigenvalue weighted by atomic mass is 9.94. The molecule has 8 heteroatoms. The first-order chi connectivity index (χ1) is 11.6. The quantitative estimate of drug-likeness (QED) is 0.692. The fraction of sp³-hybridized carbons (Fsp3) is 0.667. The van der Waals surface area contributed by atoms with E-state index in [1.54, 1.807) is 0 Å². The molecule has 2 rings (SSSR count). The van der Waals surface area contributed by atoms with Gasteiger partial charge >= 0.3 is 0 Å². The highest BCUT2D eigenvalue weighted by Crippen LogP contribution is 2.13. The van der Waals surface area contributed by atoms with E-state index in [0.29, 0.717) is 13.0 Å². The molecule has 0 radical (unpaired) electrons. The molecule has 1 aliphatic rings. The van der Waals surface area contributed by atoms with E-state index in [0.717, 1.165) is 51.4 Å². The first-order valence-electron chi connectivity index (χ1n) is 9.00. The van der Waals surface area contributed by atoms with E-state index in [2.05, 4.69) is 33.9 Å². The van der Waals surface area contributed by atoms with Crippen molar-refractivity contribution in [1.82, 2.24) is 15.2 Å². The Morgan fingerprint density at radius 1 is 1.19 bits per heavy atom. The number of hydrogen-bond donors (Lipinski definition) is 2. The number of hydrogen-bond acceptors (Lipinski definition) is 5. The summed E-state index contributed by atoms with van der Waals surface area (Å²) in [4.78, 5) is 21.1. The van der Waals surface area contributed by atoms with Gasteiger partial charge in [-0.05, 0) is 25.0 Å². The standard InChI is InChI=1S/C18H31N5O.2ClH/c1-3-18(19,4-2)15-21-17(24)8-10-22-11-13-23(14-12-22)16-7-5-6-9-20-16;;/h5-7,9H,3-4,8,10-15,19H2,1-2H3,(H,21,24);2*1H. The number of amides is 1. The Bertz CT molecular complexity index is 506. The van der Waals surface area contributed by atoms with Crippen molar-refractivity contribution in [2.45, 2.75) is 38.6 Å². The zero-order chi connectivity index (χ0) is 17.4. The van der Waals surface area contributed by atoms with Crippen molar-refractivity contribution in [3.05, 3.63) is 24.4 Å².